The summed E-state index contributed by atoms with van der Waals surface area (Å²) < 4.78 is 26.1. The van der Waals surface area contributed by atoms with Crippen molar-refractivity contribution in [2.45, 2.75) is 27.4 Å². The van der Waals surface area contributed by atoms with Crippen molar-refractivity contribution in [1.29, 1.82) is 0 Å². The number of imide groups is 2. The highest BCUT2D eigenvalue weighted by Gasteiger charge is 2.37. The molecule has 0 radical (unpaired) electrons. The number of hydrogen-bond acceptors (Lipinski definition) is 5. The van der Waals surface area contributed by atoms with Crippen LogP contribution in [0.4, 0.5) is 14.9 Å². The van der Waals surface area contributed by atoms with Crippen molar-refractivity contribution < 1.29 is 28.2 Å². The Morgan fingerprint density at radius 1 is 1.00 bits per heavy atom. The molecule has 3 aromatic carbocycles. The Morgan fingerprint density at radius 3 is 2.38 bits per heavy atom. The molecule has 37 heavy (non-hydrogen) atoms. The number of amides is 4. The van der Waals surface area contributed by atoms with E-state index >= 15 is 0 Å². The lowest BCUT2D eigenvalue weighted by molar-refractivity contribution is -0.122. The van der Waals surface area contributed by atoms with Crippen LogP contribution in [-0.4, -0.2) is 24.5 Å². The fraction of sp³-hybridized carbons (Fsp3) is 0.179. The van der Waals surface area contributed by atoms with E-state index in [0.29, 0.717) is 39.4 Å². The number of urea groups is 1. The first-order chi connectivity index (χ1) is 17.7. The lowest BCUT2D eigenvalue weighted by Crippen LogP contribution is -2.54. The molecule has 0 saturated carbocycles. The van der Waals surface area contributed by atoms with E-state index in [-0.39, 0.29) is 18.0 Å². The number of hydrogen-bond donors (Lipinski definition) is 1. The summed E-state index contributed by atoms with van der Waals surface area (Å²) >= 11 is 3.45. The van der Waals surface area contributed by atoms with Crippen LogP contribution in [0.2, 0.25) is 0 Å². The maximum Gasteiger partial charge on any atom is 0.335 e. The van der Waals surface area contributed by atoms with Crippen LogP contribution >= 0.6 is 15.9 Å². The summed E-state index contributed by atoms with van der Waals surface area (Å²) in [6.07, 6.45) is 1.38. The van der Waals surface area contributed by atoms with Gasteiger partial charge in [0.15, 0.2) is 11.5 Å². The predicted octanol–water partition coefficient (Wildman–Crippen LogP) is 5.85. The van der Waals surface area contributed by atoms with Gasteiger partial charge < -0.3 is 9.47 Å². The van der Waals surface area contributed by atoms with E-state index < -0.39 is 17.8 Å². The smallest absolute Gasteiger partial charge is 0.335 e. The van der Waals surface area contributed by atoms with Crippen LogP contribution in [0.1, 0.15) is 29.2 Å². The third-order valence-electron chi connectivity index (χ3n) is 5.54. The van der Waals surface area contributed by atoms with Crippen LogP contribution in [0.15, 0.2) is 64.6 Å². The van der Waals surface area contributed by atoms with E-state index in [0.717, 1.165) is 16.0 Å². The summed E-state index contributed by atoms with van der Waals surface area (Å²) in [5.41, 5.74) is 2.73. The molecule has 1 heterocycles. The third-order valence-corrected chi connectivity index (χ3v) is 6.13. The third kappa shape index (κ3) is 5.72. The van der Waals surface area contributed by atoms with Gasteiger partial charge in [0.05, 0.1) is 16.8 Å². The number of aryl methyl sites for hydroxylation is 2. The SMILES string of the molecule is CCOc1cc(/C=C2\C(=O)NC(=O)N(c3cc(C)cc(C)c3)C2=O)cc(Br)c1OCc1ccccc1F. The lowest BCUT2D eigenvalue weighted by atomic mass is 10.0. The van der Waals surface area contributed by atoms with Crippen molar-refractivity contribution in [3.8, 4) is 11.5 Å². The largest absolute Gasteiger partial charge is 0.490 e. The zero-order valence-corrected chi connectivity index (χ0v) is 22.0. The van der Waals surface area contributed by atoms with Gasteiger partial charge in [0, 0.05) is 5.56 Å². The fourth-order valence-electron chi connectivity index (χ4n) is 3.98. The monoisotopic (exact) mass is 566 g/mol. The van der Waals surface area contributed by atoms with Gasteiger partial charge in [-0.25, -0.2) is 14.1 Å². The minimum absolute atomic E-state index is 0.0281. The number of halogens is 2. The summed E-state index contributed by atoms with van der Waals surface area (Å²) in [7, 11) is 0. The molecule has 9 heteroatoms. The predicted molar refractivity (Wildman–Crippen MR) is 141 cm³/mol. The van der Waals surface area contributed by atoms with Gasteiger partial charge in [-0.15, -0.1) is 0 Å². The quantitative estimate of drug-likeness (QED) is 0.286. The van der Waals surface area contributed by atoms with Gasteiger partial charge in [-0.2, -0.15) is 0 Å². The molecule has 1 N–H and O–H groups in total. The first kappa shape index (κ1) is 26.1. The Bertz CT molecular complexity index is 1420. The van der Waals surface area contributed by atoms with E-state index in [1.165, 1.54) is 12.1 Å². The second kappa shape index (κ2) is 11.0. The van der Waals surface area contributed by atoms with Gasteiger partial charge in [0.2, 0.25) is 0 Å². The molecule has 3 aromatic rings. The molecule has 0 bridgehead atoms. The van der Waals surface area contributed by atoms with Gasteiger partial charge in [-0.1, -0.05) is 24.3 Å². The molecule has 7 nitrogen and oxygen atoms in total. The van der Waals surface area contributed by atoms with Crippen molar-refractivity contribution in [2.75, 3.05) is 11.5 Å². The number of carbonyl (C=O) groups is 3. The summed E-state index contributed by atoms with van der Waals surface area (Å²) in [6.45, 7) is 5.79. The summed E-state index contributed by atoms with van der Waals surface area (Å²) in [5, 5.41) is 2.23. The molecule has 0 spiro atoms. The van der Waals surface area contributed by atoms with Gasteiger partial charge in [0.25, 0.3) is 11.8 Å². The minimum Gasteiger partial charge on any atom is -0.490 e. The normalized spacial score (nSPS) is 14.7. The van der Waals surface area contributed by atoms with Crippen LogP contribution in [0.5, 0.6) is 11.5 Å². The van der Waals surface area contributed by atoms with Gasteiger partial charge in [0.1, 0.15) is 18.0 Å². The van der Waals surface area contributed by atoms with E-state index in [1.54, 1.807) is 49.4 Å². The second-order valence-electron chi connectivity index (χ2n) is 8.45. The van der Waals surface area contributed by atoms with Gasteiger partial charge in [-0.05, 0) is 89.8 Å². The van der Waals surface area contributed by atoms with Crippen molar-refractivity contribution in [1.82, 2.24) is 5.32 Å². The molecule has 0 unspecified atom stereocenters. The standard InChI is InChI=1S/C28H24BrFN2O5/c1-4-36-24-14-18(13-22(29)25(24)37-15-19-7-5-6-8-23(19)30)12-21-26(33)31-28(35)32(27(21)34)20-10-16(2)9-17(3)11-20/h5-14H,4,15H2,1-3H3,(H,31,33,35)/b21-12+. The first-order valence-electron chi connectivity index (χ1n) is 11.5. The van der Waals surface area contributed by atoms with Gasteiger partial charge in [-0.3, -0.25) is 14.9 Å². The van der Waals surface area contributed by atoms with E-state index in [2.05, 4.69) is 21.2 Å². The van der Waals surface area contributed by atoms with E-state index in [9.17, 15) is 18.8 Å². The molecule has 0 aliphatic carbocycles. The van der Waals surface area contributed by atoms with Crippen LogP contribution in [0.3, 0.4) is 0 Å². The molecule has 0 aromatic heterocycles. The molecule has 1 saturated heterocycles. The van der Waals surface area contributed by atoms with Crippen molar-refractivity contribution in [2.24, 2.45) is 0 Å². The number of anilines is 1. The number of nitrogens with one attached hydrogen (secondary N) is 1. The maximum atomic E-state index is 14.0. The highest BCUT2D eigenvalue weighted by atomic mass is 79.9. The molecule has 1 aliphatic rings. The van der Waals surface area contributed by atoms with E-state index in [4.69, 9.17) is 9.47 Å². The Balaban J connectivity index is 1.68. The minimum atomic E-state index is -0.815. The Morgan fingerprint density at radius 2 is 1.70 bits per heavy atom. The first-order valence-corrected chi connectivity index (χ1v) is 12.3. The van der Waals surface area contributed by atoms with E-state index in [1.807, 2.05) is 19.9 Å². The Kier molecular flexibility index (Phi) is 7.73. The second-order valence-corrected chi connectivity index (χ2v) is 9.30. The van der Waals surface area contributed by atoms with Crippen LogP contribution in [0.25, 0.3) is 6.08 Å². The molecule has 4 amide bonds. The number of rotatable bonds is 7. The highest BCUT2D eigenvalue weighted by Crippen LogP contribution is 2.38. The van der Waals surface area contributed by atoms with Crippen LogP contribution < -0.4 is 19.7 Å². The topological polar surface area (TPSA) is 84.9 Å². The zero-order valence-electron chi connectivity index (χ0n) is 20.4. The number of benzene rings is 3. The van der Waals surface area contributed by atoms with Crippen molar-refractivity contribution in [3.63, 3.8) is 0 Å². The molecular weight excluding hydrogens is 543 g/mol. The summed E-state index contributed by atoms with van der Waals surface area (Å²) in [4.78, 5) is 39.4. The van der Waals surface area contributed by atoms with Crippen LogP contribution in [0, 0.1) is 19.7 Å². The van der Waals surface area contributed by atoms with Crippen LogP contribution in [-0.2, 0) is 16.2 Å². The zero-order chi connectivity index (χ0) is 26.7. The average Bonchev–Trinajstić information content (AvgIpc) is 2.82. The van der Waals surface area contributed by atoms with Crippen molar-refractivity contribution >= 4 is 45.5 Å². The number of ether oxygens (including phenoxy) is 2. The number of carbonyl (C=O) groups excluding carboxylic acids is 3. The highest BCUT2D eigenvalue weighted by molar-refractivity contribution is 9.10. The molecule has 4 rings (SSSR count). The average molecular weight is 567 g/mol. The number of nitrogens with zero attached hydrogens (tertiary/aromatic N) is 1. The Labute approximate surface area is 222 Å². The Hall–Kier alpha value is -3.98. The fourth-order valence-corrected chi connectivity index (χ4v) is 4.55. The summed E-state index contributed by atoms with van der Waals surface area (Å²) in [6, 6.07) is 14.0. The van der Waals surface area contributed by atoms with Crippen molar-refractivity contribution in [3.05, 3.63) is 92.7 Å². The number of barbiturate groups is 1. The maximum absolute atomic E-state index is 14.0. The molecular formula is C28H24BrFN2O5. The molecule has 190 valence electrons. The molecule has 1 aliphatic heterocycles. The summed E-state index contributed by atoms with van der Waals surface area (Å²) in [5.74, 6) is -1.25. The lowest BCUT2D eigenvalue weighted by Gasteiger charge is -2.27. The molecule has 0 atom stereocenters. The van der Waals surface area contributed by atoms with Gasteiger partial charge >= 0.3 is 6.03 Å². The molecule has 1 fully saturated rings.